The minimum absolute atomic E-state index is 0.0413. The highest BCUT2D eigenvalue weighted by Gasteiger charge is 2.29. The van der Waals surface area contributed by atoms with Crippen LogP contribution in [-0.2, 0) is 21.1 Å². The zero-order chi connectivity index (χ0) is 16.4. The lowest BCUT2D eigenvalue weighted by molar-refractivity contribution is -0.120. The van der Waals surface area contributed by atoms with Gasteiger partial charge in [-0.1, -0.05) is 6.07 Å². The fraction of sp³-hybridized carbons (Fsp3) is 0.400. The van der Waals surface area contributed by atoms with Gasteiger partial charge in [-0.25, -0.2) is 13.4 Å². The summed E-state index contributed by atoms with van der Waals surface area (Å²) in [6, 6.07) is 5.35. The maximum absolute atomic E-state index is 12.1. The number of aromatic nitrogens is 2. The molecule has 1 fully saturated rings. The van der Waals surface area contributed by atoms with E-state index in [1.54, 1.807) is 6.20 Å². The Balaban J connectivity index is 1.66. The van der Waals surface area contributed by atoms with E-state index in [2.05, 4.69) is 15.3 Å². The molecule has 2 aromatic heterocycles. The number of hydrogen-bond donors (Lipinski definition) is 1. The van der Waals surface area contributed by atoms with Crippen molar-refractivity contribution in [2.24, 2.45) is 0 Å². The SMILES string of the molecule is Cc1nc(-c2ccccn2)sc1CC(=O)NC1CCS(=O)(=O)C1. The predicted molar refractivity (Wildman–Crippen MR) is 89.0 cm³/mol. The highest BCUT2D eigenvalue weighted by molar-refractivity contribution is 7.91. The first-order chi connectivity index (χ1) is 10.9. The lowest BCUT2D eigenvalue weighted by atomic mass is 10.2. The molecule has 1 N–H and O–H groups in total. The first-order valence-electron chi connectivity index (χ1n) is 7.30. The zero-order valence-corrected chi connectivity index (χ0v) is 14.3. The molecule has 1 amide bonds. The average molecular weight is 351 g/mol. The Morgan fingerprint density at radius 2 is 2.26 bits per heavy atom. The lowest BCUT2D eigenvalue weighted by Crippen LogP contribution is -2.36. The van der Waals surface area contributed by atoms with Gasteiger partial charge in [0.15, 0.2) is 9.84 Å². The summed E-state index contributed by atoms with van der Waals surface area (Å²) in [5, 5.41) is 3.59. The maximum Gasteiger partial charge on any atom is 0.225 e. The van der Waals surface area contributed by atoms with Crippen molar-refractivity contribution in [3.63, 3.8) is 0 Å². The monoisotopic (exact) mass is 351 g/mol. The molecule has 0 aliphatic carbocycles. The second-order valence-electron chi connectivity index (χ2n) is 5.59. The van der Waals surface area contributed by atoms with Crippen molar-refractivity contribution >= 4 is 27.1 Å². The first-order valence-corrected chi connectivity index (χ1v) is 9.94. The van der Waals surface area contributed by atoms with Gasteiger partial charge in [-0.05, 0) is 25.5 Å². The van der Waals surface area contributed by atoms with Crippen LogP contribution >= 0.6 is 11.3 Å². The van der Waals surface area contributed by atoms with E-state index in [0.717, 1.165) is 21.3 Å². The lowest BCUT2D eigenvalue weighted by Gasteiger charge is -2.10. The standard InChI is InChI=1S/C15H17N3O3S2/c1-10-13(22-15(17-10)12-4-2-3-6-16-12)8-14(19)18-11-5-7-23(20,21)9-11/h2-4,6,11H,5,7-9H2,1H3,(H,18,19). The van der Waals surface area contributed by atoms with Crippen molar-refractivity contribution in [3.05, 3.63) is 35.0 Å². The second-order valence-corrected chi connectivity index (χ2v) is 8.90. The van der Waals surface area contributed by atoms with Crippen LogP contribution in [0.3, 0.4) is 0 Å². The highest BCUT2D eigenvalue weighted by atomic mass is 32.2. The van der Waals surface area contributed by atoms with Gasteiger partial charge in [0.05, 0.1) is 29.3 Å². The molecule has 6 nitrogen and oxygen atoms in total. The predicted octanol–water partition coefficient (Wildman–Crippen LogP) is 1.36. The summed E-state index contributed by atoms with van der Waals surface area (Å²) in [7, 11) is -2.99. The van der Waals surface area contributed by atoms with Gasteiger partial charge in [-0.15, -0.1) is 11.3 Å². The second kappa shape index (κ2) is 6.37. The van der Waals surface area contributed by atoms with Crippen molar-refractivity contribution < 1.29 is 13.2 Å². The minimum Gasteiger partial charge on any atom is -0.352 e. The Labute approximate surface area is 138 Å². The van der Waals surface area contributed by atoms with E-state index in [9.17, 15) is 13.2 Å². The molecule has 2 aromatic rings. The van der Waals surface area contributed by atoms with Gasteiger partial charge in [0.2, 0.25) is 5.91 Å². The summed E-state index contributed by atoms with van der Waals surface area (Å²) in [5.41, 5.74) is 1.60. The molecule has 0 radical (unpaired) electrons. The molecule has 0 spiro atoms. The molecule has 23 heavy (non-hydrogen) atoms. The molecule has 1 aliphatic rings. The van der Waals surface area contributed by atoms with Gasteiger partial charge >= 0.3 is 0 Å². The molecule has 3 rings (SSSR count). The Morgan fingerprint density at radius 1 is 1.43 bits per heavy atom. The van der Waals surface area contributed by atoms with Crippen molar-refractivity contribution in [1.82, 2.24) is 15.3 Å². The normalized spacial score (nSPS) is 19.6. The molecule has 3 heterocycles. The average Bonchev–Trinajstić information content (AvgIpc) is 3.03. The van der Waals surface area contributed by atoms with Crippen LogP contribution in [0.15, 0.2) is 24.4 Å². The largest absolute Gasteiger partial charge is 0.352 e. The van der Waals surface area contributed by atoms with Gasteiger partial charge in [0, 0.05) is 17.1 Å². The molecule has 1 saturated heterocycles. The Hall–Kier alpha value is -1.80. The third kappa shape index (κ3) is 3.94. The Bertz CT molecular complexity index is 816. The molecule has 1 unspecified atom stereocenters. The van der Waals surface area contributed by atoms with Gasteiger partial charge in [-0.3, -0.25) is 9.78 Å². The Morgan fingerprint density at radius 3 is 2.91 bits per heavy atom. The molecule has 1 aliphatic heterocycles. The van der Waals surface area contributed by atoms with E-state index in [4.69, 9.17) is 0 Å². The summed E-state index contributed by atoms with van der Waals surface area (Å²) < 4.78 is 22.9. The van der Waals surface area contributed by atoms with Crippen LogP contribution < -0.4 is 5.32 Å². The van der Waals surface area contributed by atoms with Gasteiger partial charge < -0.3 is 5.32 Å². The van der Waals surface area contributed by atoms with Crippen molar-refractivity contribution in [2.75, 3.05) is 11.5 Å². The smallest absolute Gasteiger partial charge is 0.225 e. The number of hydrogen-bond acceptors (Lipinski definition) is 6. The number of carbonyl (C=O) groups is 1. The first kappa shape index (κ1) is 16.1. The number of nitrogens with zero attached hydrogens (tertiary/aromatic N) is 2. The number of amides is 1. The number of sulfone groups is 1. The van der Waals surface area contributed by atoms with Crippen LogP contribution in [0, 0.1) is 6.92 Å². The number of pyridine rings is 1. The van der Waals surface area contributed by atoms with Crippen LogP contribution in [0.4, 0.5) is 0 Å². The zero-order valence-electron chi connectivity index (χ0n) is 12.7. The van der Waals surface area contributed by atoms with E-state index >= 15 is 0 Å². The van der Waals surface area contributed by atoms with Crippen molar-refractivity contribution in [3.8, 4) is 10.7 Å². The van der Waals surface area contributed by atoms with Gasteiger partial charge in [-0.2, -0.15) is 0 Å². The fourth-order valence-electron chi connectivity index (χ4n) is 2.52. The van der Waals surface area contributed by atoms with Crippen LogP contribution in [0.25, 0.3) is 10.7 Å². The quantitative estimate of drug-likeness (QED) is 0.898. The number of rotatable bonds is 4. The number of carbonyl (C=O) groups excluding carboxylic acids is 1. The van der Waals surface area contributed by atoms with Gasteiger partial charge in [0.25, 0.3) is 0 Å². The van der Waals surface area contributed by atoms with E-state index in [1.165, 1.54) is 11.3 Å². The van der Waals surface area contributed by atoms with Crippen LogP contribution in [0.2, 0.25) is 0 Å². The van der Waals surface area contributed by atoms with Crippen LogP contribution in [0.5, 0.6) is 0 Å². The summed E-state index contributed by atoms with van der Waals surface area (Å²) in [6.07, 6.45) is 2.42. The molecular formula is C15H17N3O3S2. The maximum atomic E-state index is 12.1. The molecular weight excluding hydrogens is 334 g/mol. The number of nitrogens with one attached hydrogen (secondary N) is 1. The number of aryl methyl sites for hydroxylation is 1. The summed E-state index contributed by atoms with van der Waals surface area (Å²) >= 11 is 1.45. The van der Waals surface area contributed by atoms with E-state index in [0.29, 0.717) is 6.42 Å². The van der Waals surface area contributed by atoms with Crippen LogP contribution in [-0.4, -0.2) is 41.8 Å². The topological polar surface area (TPSA) is 89.0 Å². The third-order valence-electron chi connectivity index (χ3n) is 3.70. The highest BCUT2D eigenvalue weighted by Crippen LogP contribution is 2.26. The molecule has 1 atom stereocenters. The Kier molecular flexibility index (Phi) is 4.45. The van der Waals surface area contributed by atoms with E-state index < -0.39 is 9.84 Å². The number of thiazole rings is 1. The fourth-order valence-corrected chi connectivity index (χ4v) is 5.24. The third-order valence-corrected chi connectivity index (χ3v) is 6.64. The van der Waals surface area contributed by atoms with Crippen molar-refractivity contribution in [2.45, 2.75) is 25.8 Å². The minimum atomic E-state index is -2.99. The van der Waals surface area contributed by atoms with E-state index in [-0.39, 0.29) is 29.9 Å². The molecule has 0 saturated carbocycles. The molecule has 0 bridgehead atoms. The summed E-state index contributed by atoms with van der Waals surface area (Å²) in [6.45, 7) is 1.87. The molecule has 8 heteroatoms. The molecule has 0 aromatic carbocycles. The summed E-state index contributed by atoms with van der Waals surface area (Å²) in [5.74, 6) is 0.0347. The van der Waals surface area contributed by atoms with E-state index in [1.807, 2.05) is 25.1 Å². The molecule has 122 valence electrons. The van der Waals surface area contributed by atoms with Crippen molar-refractivity contribution in [1.29, 1.82) is 0 Å². The van der Waals surface area contributed by atoms with Gasteiger partial charge in [0.1, 0.15) is 5.01 Å². The summed E-state index contributed by atoms with van der Waals surface area (Å²) in [4.78, 5) is 21.7. The van der Waals surface area contributed by atoms with Crippen LogP contribution in [0.1, 0.15) is 17.0 Å².